The molecule has 0 saturated carbocycles. The Morgan fingerprint density at radius 1 is 1.00 bits per heavy atom. The van der Waals surface area contributed by atoms with Crippen molar-refractivity contribution in [2.75, 3.05) is 18.0 Å². The van der Waals surface area contributed by atoms with E-state index in [2.05, 4.69) is 5.32 Å². The van der Waals surface area contributed by atoms with Gasteiger partial charge in [0.15, 0.2) is 0 Å². The van der Waals surface area contributed by atoms with Crippen LogP contribution in [0, 0.1) is 17.1 Å². The minimum Gasteiger partial charge on any atom is -0.333 e. The fourth-order valence-electron chi connectivity index (χ4n) is 4.73. The Morgan fingerprint density at radius 2 is 1.71 bits per heavy atom. The summed E-state index contributed by atoms with van der Waals surface area (Å²) in [6, 6.07) is 18.5. The lowest BCUT2D eigenvalue weighted by molar-refractivity contribution is -0.140. The number of amides is 3. The third-order valence-corrected chi connectivity index (χ3v) is 6.60. The summed E-state index contributed by atoms with van der Waals surface area (Å²) in [6.07, 6.45) is -4.44. The normalized spacial score (nSPS) is 17.4. The quantitative estimate of drug-likeness (QED) is 0.463. The summed E-state index contributed by atoms with van der Waals surface area (Å²) in [5.74, 6) is -1.83. The van der Waals surface area contributed by atoms with Crippen molar-refractivity contribution in [3.63, 3.8) is 0 Å². The first kappa shape index (κ1) is 25.0. The summed E-state index contributed by atoms with van der Waals surface area (Å²) >= 11 is 0. The molecule has 0 radical (unpaired) electrons. The molecule has 1 unspecified atom stereocenters. The van der Waals surface area contributed by atoms with Crippen molar-refractivity contribution in [2.24, 2.45) is 0 Å². The number of hydrogen-bond donors (Lipinski definition) is 1. The molecule has 0 saturated heterocycles. The number of nitrogens with one attached hydrogen (secondary N) is 1. The van der Waals surface area contributed by atoms with Gasteiger partial charge >= 0.3 is 12.2 Å². The monoisotopic (exact) mass is 520 g/mol. The van der Waals surface area contributed by atoms with E-state index < -0.39 is 29.6 Å². The standard InChI is InChI=1S/C28H20F4N4O2/c29-22-11-10-20(14-21(22)28(30,31)32)36-23-16-35(13-12-17-4-2-1-3-5-17)26(37)24(23)25(34-27(36)38)19-8-6-18(15-33)7-9-19/h1-11,14,25H,12-13,16H2,(H,34,38). The second kappa shape index (κ2) is 9.67. The smallest absolute Gasteiger partial charge is 0.333 e. The molecule has 2 heterocycles. The van der Waals surface area contributed by atoms with E-state index in [1.807, 2.05) is 36.4 Å². The maximum absolute atomic E-state index is 14.0. The molecule has 5 rings (SSSR count). The molecule has 1 atom stereocenters. The summed E-state index contributed by atoms with van der Waals surface area (Å²) in [6.45, 7) is 0.301. The number of urea groups is 1. The Labute approximate surface area is 215 Å². The second-order valence-corrected chi connectivity index (χ2v) is 8.94. The average molecular weight is 520 g/mol. The Kier molecular flexibility index (Phi) is 6.36. The first-order valence-electron chi connectivity index (χ1n) is 11.7. The SMILES string of the molecule is N#Cc1ccc(C2NC(=O)N(c3ccc(F)c(C(F)(F)F)c3)C3=C2C(=O)N(CCc2ccccc2)C3)cc1. The van der Waals surface area contributed by atoms with Gasteiger partial charge in [-0.25, -0.2) is 9.18 Å². The van der Waals surface area contributed by atoms with Crippen molar-refractivity contribution in [1.29, 1.82) is 5.26 Å². The summed E-state index contributed by atoms with van der Waals surface area (Å²) < 4.78 is 54.3. The maximum Gasteiger partial charge on any atom is 0.419 e. The van der Waals surface area contributed by atoms with Crippen LogP contribution in [0.15, 0.2) is 84.1 Å². The summed E-state index contributed by atoms with van der Waals surface area (Å²) in [4.78, 5) is 29.5. The van der Waals surface area contributed by atoms with Gasteiger partial charge in [0.2, 0.25) is 0 Å². The predicted molar refractivity (Wildman–Crippen MR) is 130 cm³/mol. The minimum absolute atomic E-state index is 0.0140. The second-order valence-electron chi connectivity index (χ2n) is 8.94. The van der Waals surface area contributed by atoms with Gasteiger partial charge in [-0.2, -0.15) is 18.4 Å². The molecule has 2 aliphatic rings. The Hall–Kier alpha value is -4.65. The van der Waals surface area contributed by atoms with E-state index >= 15 is 0 Å². The van der Waals surface area contributed by atoms with Crippen LogP contribution in [0.2, 0.25) is 0 Å². The van der Waals surface area contributed by atoms with E-state index in [1.54, 1.807) is 24.3 Å². The van der Waals surface area contributed by atoms with Crippen molar-refractivity contribution in [3.8, 4) is 6.07 Å². The molecular weight excluding hydrogens is 500 g/mol. The number of nitrogens with zero attached hydrogens (tertiary/aromatic N) is 3. The van der Waals surface area contributed by atoms with Crippen molar-refractivity contribution >= 4 is 17.6 Å². The zero-order chi connectivity index (χ0) is 27.0. The molecule has 192 valence electrons. The van der Waals surface area contributed by atoms with E-state index in [4.69, 9.17) is 5.26 Å². The maximum atomic E-state index is 14.0. The highest BCUT2D eigenvalue weighted by molar-refractivity contribution is 6.07. The van der Waals surface area contributed by atoms with Gasteiger partial charge < -0.3 is 10.2 Å². The number of nitriles is 1. The lowest BCUT2D eigenvalue weighted by atomic mass is 9.94. The van der Waals surface area contributed by atoms with Crippen LogP contribution in [0.3, 0.4) is 0 Å². The molecule has 3 amide bonds. The number of rotatable bonds is 5. The highest BCUT2D eigenvalue weighted by Crippen LogP contribution is 2.40. The molecule has 0 bridgehead atoms. The molecule has 1 N–H and O–H groups in total. The van der Waals surface area contributed by atoms with Crippen LogP contribution >= 0.6 is 0 Å². The van der Waals surface area contributed by atoms with Gasteiger partial charge in [-0.05, 0) is 47.9 Å². The minimum atomic E-state index is -4.97. The number of carbonyl (C=O) groups is 2. The predicted octanol–water partition coefficient (Wildman–Crippen LogP) is 5.33. The number of carbonyl (C=O) groups excluding carboxylic acids is 2. The van der Waals surface area contributed by atoms with E-state index in [0.717, 1.165) is 16.5 Å². The van der Waals surface area contributed by atoms with Crippen LogP contribution in [0.4, 0.5) is 28.0 Å². The molecular formula is C28H20F4N4O2. The van der Waals surface area contributed by atoms with Gasteiger partial charge in [-0.3, -0.25) is 9.69 Å². The number of benzene rings is 3. The Bertz CT molecular complexity index is 1480. The molecule has 38 heavy (non-hydrogen) atoms. The third-order valence-electron chi connectivity index (χ3n) is 6.60. The number of anilines is 1. The molecule has 0 aliphatic carbocycles. The Balaban J connectivity index is 1.56. The molecule has 0 aromatic heterocycles. The van der Waals surface area contributed by atoms with Crippen LogP contribution in [0.25, 0.3) is 0 Å². The van der Waals surface area contributed by atoms with Crippen molar-refractivity contribution in [3.05, 3.63) is 112 Å². The first-order valence-corrected chi connectivity index (χ1v) is 11.7. The van der Waals surface area contributed by atoms with Crippen LogP contribution in [-0.2, 0) is 17.4 Å². The molecule has 3 aromatic carbocycles. The number of alkyl halides is 3. The zero-order valence-electron chi connectivity index (χ0n) is 19.8. The number of halogens is 4. The Morgan fingerprint density at radius 3 is 2.37 bits per heavy atom. The topological polar surface area (TPSA) is 76.4 Å². The lowest BCUT2D eigenvalue weighted by Crippen LogP contribution is -2.47. The molecule has 10 heteroatoms. The third kappa shape index (κ3) is 4.59. The van der Waals surface area contributed by atoms with Crippen molar-refractivity contribution in [2.45, 2.75) is 18.6 Å². The van der Waals surface area contributed by atoms with Crippen LogP contribution in [-0.4, -0.2) is 29.9 Å². The fourth-order valence-corrected chi connectivity index (χ4v) is 4.73. The van der Waals surface area contributed by atoms with Crippen LogP contribution < -0.4 is 10.2 Å². The average Bonchev–Trinajstić information content (AvgIpc) is 3.23. The summed E-state index contributed by atoms with van der Waals surface area (Å²) in [7, 11) is 0. The van der Waals surface area contributed by atoms with Gasteiger partial charge in [0.25, 0.3) is 5.91 Å². The van der Waals surface area contributed by atoms with Gasteiger partial charge in [0.05, 0.1) is 46.7 Å². The molecule has 3 aromatic rings. The first-order chi connectivity index (χ1) is 18.2. The molecule has 2 aliphatic heterocycles. The van der Waals surface area contributed by atoms with E-state index in [-0.39, 0.29) is 29.4 Å². The largest absolute Gasteiger partial charge is 0.419 e. The zero-order valence-corrected chi connectivity index (χ0v) is 19.8. The highest BCUT2D eigenvalue weighted by Gasteiger charge is 2.45. The molecule has 6 nitrogen and oxygen atoms in total. The van der Waals surface area contributed by atoms with Gasteiger partial charge in [-0.1, -0.05) is 42.5 Å². The van der Waals surface area contributed by atoms with Gasteiger partial charge in [0, 0.05) is 6.54 Å². The fraction of sp³-hybridized carbons (Fsp3) is 0.179. The van der Waals surface area contributed by atoms with E-state index in [1.165, 1.54) is 4.90 Å². The summed E-state index contributed by atoms with van der Waals surface area (Å²) in [5, 5.41) is 11.8. The van der Waals surface area contributed by atoms with Crippen LogP contribution in [0.1, 0.15) is 28.3 Å². The van der Waals surface area contributed by atoms with Gasteiger partial charge in [0.1, 0.15) is 5.82 Å². The lowest BCUT2D eigenvalue weighted by Gasteiger charge is -2.34. The van der Waals surface area contributed by atoms with Crippen molar-refractivity contribution < 1.29 is 27.2 Å². The van der Waals surface area contributed by atoms with Crippen LogP contribution in [0.5, 0.6) is 0 Å². The van der Waals surface area contributed by atoms with E-state index in [0.29, 0.717) is 36.2 Å². The molecule has 0 fully saturated rings. The molecule has 0 spiro atoms. The number of hydrogen-bond acceptors (Lipinski definition) is 3. The van der Waals surface area contributed by atoms with Crippen molar-refractivity contribution in [1.82, 2.24) is 10.2 Å². The summed E-state index contributed by atoms with van der Waals surface area (Å²) in [5.41, 5.74) is 0.635. The van der Waals surface area contributed by atoms with E-state index in [9.17, 15) is 27.2 Å². The highest BCUT2D eigenvalue weighted by atomic mass is 19.4. The van der Waals surface area contributed by atoms with Gasteiger partial charge in [-0.15, -0.1) is 0 Å².